The predicted octanol–water partition coefficient (Wildman–Crippen LogP) is 7.37. The Bertz CT molecular complexity index is 1530. The summed E-state index contributed by atoms with van der Waals surface area (Å²) in [5.74, 6) is 1.11. The van der Waals surface area contributed by atoms with Crippen LogP contribution in [0.2, 0.25) is 0 Å². The molecule has 0 radical (unpaired) electrons. The minimum Gasteiger partial charge on any atom is -0.490 e. The highest BCUT2D eigenvalue weighted by Crippen LogP contribution is 2.36. The van der Waals surface area contributed by atoms with Crippen LogP contribution in [0, 0.1) is 7.14 Å². The Kier molecular flexibility index (Phi) is 7.56. The second-order valence-corrected chi connectivity index (χ2v) is 10.5. The lowest BCUT2D eigenvalue weighted by Crippen LogP contribution is -2.05. The topological polar surface area (TPSA) is 57.1 Å². The third-order valence-electron chi connectivity index (χ3n) is 5.52. The van der Waals surface area contributed by atoms with Crippen molar-refractivity contribution in [3.63, 3.8) is 0 Å². The number of fused-ring (bicyclic) bond motifs is 1. The van der Waals surface area contributed by atoms with E-state index in [1.165, 1.54) is 0 Å². The maximum Gasteiger partial charge on any atom is 0.363 e. The third kappa shape index (κ3) is 5.57. The first kappa shape index (κ1) is 24.8. The molecule has 0 bridgehead atoms. The van der Waals surface area contributed by atoms with Crippen molar-refractivity contribution in [2.24, 2.45) is 4.99 Å². The highest BCUT2D eigenvalue weighted by Gasteiger charge is 2.25. The molecule has 4 aromatic rings. The number of benzene rings is 4. The number of carbonyl (C=O) groups is 1. The van der Waals surface area contributed by atoms with Gasteiger partial charge in [0, 0.05) is 9.13 Å². The predicted molar refractivity (Wildman–Crippen MR) is 158 cm³/mol. The lowest BCUT2D eigenvalue weighted by atomic mass is 10.1. The summed E-state index contributed by atoms with van der Waals surface area (Å²) in [6.07, 6.45) is 1.71. The number of rotatable bonds is 7. The number of nitrogens with zero attached hydrogens (tertiary/aromatic N) is 1. The normalized spacial score (nSPS) is 14.1. The molecule has 1 aliphatic heterocycles. The quantitative estimate of drug-likeness (QED) is 0.115. The lowest BCUT2D eigenvalue weighted by Gasteiger charge is -2.15. The van der Waals surface area contributed by atoms with Gasteiger partial charge in [-0.15, -0.1) is 0 Å². The van der Waals surface area contributed by atoms with Crippen LogP contribution in [0.4, 0.5) is 0 Å². The molecule has 5 nitrogen and oxygen atoms in total. The van der Waals surface area contributed by atoms with Crippen molar-refractivity contribution in [1.29, 1.82) is 0 Å². The van der Waals surface area contributed by atoms with Crippen LogP contribution in [0.15, 0.2) is 89.6 Å². The van der Waals surface area contributed by atoms with Crippen molar-refractivity contribution < 1.29 is 19.0 Å². The Morgan fingerprint density at radius 1 is 0.917 bits per heavy atom. The van der Waals surface area contributed by atoms with E-state index in [4.69, 9.17) is 14.2 Å². The smallest absolute Gasteiger partial charge is 0.363 e. The van der Waals surface area contributed by atoms with E-state index in [9.17, 15) is 4.79 Å². The Morgan fingerprint density at radius 3 is 2.56 bits per heavy atom. The summed E-state index contributed by atoms with van der Waals surface area (Å²) in [7, 11) is 0. The monoisotopic (exact) mass is 701 g/mol. The van der Waals surface area contributed by atoms with Crippen LogP contribution in [0.25, 0.3) is 16.8 Å². The summed E-state index contributed by atoms with van der Waals surface area (Å²) in [6.45, 7) is 2.84. The van der Waals surface area contributed by atoms with Gasteiger partial charge in [-0.05, 0) is 116 Å². The fourth-order valence-electron chi connectivity index (χ4n) is 3.87. The molecule has 0 unspecified atom stereocenters. The molecule has 5 rings (SSSR count). The average Bonchev–Trinajstić information content (AvgIpc) is 3.23. The standard InChI is InChI=1S/C29H21I2NO4/c1-2-34-26-15-19(13-24(31)27(26)35-17-18-6-5-9-23(30)12-18)14-25-29(33)36-28(32-25)22-11-10-20-7-3-4-8-21(20)16-22/h3-16H,2,17H2,1H3/b25-14-. The van der Waals surface area contributed by atoms with E-state index >= 15 is 0 Å². The molecule has 0 spiro atoms. The van der Waals surface area contributed by atoms with Crippen LogP contribution < -0.4 is 9.47 Å². The second-order valence-electron chi connectivity index (χ2n) is 8.08. The highest BCUT2D eigenvalue weighted by molar-refractivity contribution is 14.1. The van der Waals surface area contributed by atoms with Crippen molar-refractivity contribution in [3.8, 4) is 11.5 Å². The van der Waals surface area contributed by atoms with Gasteiger partial charge in [0.25, 0.3) is 0 Å². The minimum atomic E-state index is -0.481. The molecule has 0 atom stereocenters. The van der Waals surface area contributed by atoms with E-state index in [-0.39, 0.29) is 5.70 Å². The Hall–Kier alpha value is -2.92. The fraction of sp³-hybridized carbons (Fsp3) is 0.103. The summed E-state index contributed by atoms with van der Waals surface area (Å²) >= 11 is 4.51. The van der Waals surface area contributed by atoms with E-state index in [1.54, 1.807) is 6.08 Å². The van der Waals surface area contributed by atoms with Gasteiger partial charge < -0.3 is 14.2 Å². The van der Waals surface area contributed by atoms with Crippen molar-refractivity contribution in [2.75, 3.05) is 6.61 Å². The van der Waals surface area contributed by atoms with Crippen molar-refractivity contribution in [1.82, 2.24) is 0 Å². The molecule has 180 valence electrons. The molecule has 0 amide bonds. The number of halogens is 2. The zero-order chi connectivity index (χ0) is 25.1. The number of esters is 1. The first-order valence-electron chi connectivity index (χ1n) is 11.4. The van der Waals surface area contributed by atoms with E-state index < -0.39 is 5.97 Å². The third-order valence-corrected chi connectivity index (χ3v) is 7.00. The van der Waals surface area contributed by atoms with E-state index in [2.05, 4.69) is 56.2 Å². The number of hydrogen-bond donors (Lipinski definition) is 0. The average molecular weight is 701 g/mol. The molecule has 0 saturated carbocycles. The zero-order valence-electron chi connectivity index (χ0n) is 19.3. The van der Waals surface area contributed by atoms with Crippen LogP contribution in [0.3, 0.4) is 0 Å². The van der Waals surface area contributed by atoms with Crippen molar-refractivity contribution in [3.05, 3.63) is 108 Å². The van der Waals surface area contributed by atoms with Crippen molar-refractivity contribution >= 4 is 73.9 Å². The zero-order valence-corrected chi connectivity index (χ0v) is 23.6. The molecule has 1 heterocycles. The molecular formula is C29H21I2NO4. The molecule has 0 aromatic heterocycles. The van der Waals surface area contributed by atoms with Gasteiger partial charge in [-0.1, -0.05) is 42.5 Å². The SMILES string of the molecule is CCOc1cc(/C=C2\N=C(c3ccc4ccccc4c3)OC2=O)cc(I)c1OCc1cccc(I)c1. The van der Waals surface area contributed by atoms with Gasteiger partial charge in [0.05, 0.1) is 10.2 Å². The van der Waals surface area contributed by atoms with Gasteiger partial charge in [-0.25, -0.2) is 9.79 Å². The first-order chi connectivity index (χ1) is 17.5. The number of aliphatic imine (C=N–C) groups is 1. The van der Waals surface area contributed by atoms with Gasteiger partial charge in [0.1, 0.15) is 6.61 Å². The van der Waals surface area contributed by atoms with E-state index in [0.29, 0.717) is 30.6 Å². The largest absolute Gasteiger partial charge is 0.490 e. The number of cyclic esters (lactones) is 1. The molecule has 0 fully saturated rings. The maximum absolute atomic E-state index is 12.6. The van der Waals surface area contributed by atoms with Crippen LogP contribution in [-0.4, -0.2) is 18.5 Å². The summed E-state index contributed by atoms with van der Waals surface area (Å²) < 4.78 is 19.5. The van der Waals surface area contributed by atoms with Gasteiger partial charge in [0.15, 0.2) is 17.2 Å². The van der Waals surface area contributed by atoms with Crippen LogP contribution in [0.5, 0.6) is 11.5 Å². The molecule has 4 aromatic carbocycles. The van der Waals surface area contributed by atoms with E-state index in [0.717, 1.165) is 34.6 Å². The van der Waals surface area contributed by atoms with Crippen LogP contribution >= 0.6 is 45.2 Å². The Labute approximate surface area is 236 Å². The van der Waals surface area contributed by atoms with Crippen LogP contribution in [0.1, 0.15) is 23.6 Å². The van der Waals surface area contributed by atoms with Gasteiger partial charge in [-0.2, -0.15) is 0 Å². The summed E-state index contributed by atoms with van der Waals surface area (Å²) in [4.78, 5) is 17.1. The highest BCUT2D eigenvalue weighted by atomic mass is 127. The van der Waals surface area contributed by atoms with Gasteiger partial charge in [0.2, 0.25) is 5.90 Å². The van der Waals surface area contributed by atoms with Crippen molar-refractivity contribution in [2.45, 2.75) is 13.5 Å². The van der Waals surface area contributed by atoms with Gasteiger partial charge >= 0.3 is 5.97 Å². The molecular weight excluding hydrogens is 680 g/mol. The van der Waals surface area contributed by atoms with Gasteiger partial charge in [-0.3, -0.25) is 0 Å². The van der Waals surface area contributed by atoms with Crippen LogP contribution in [-0.2, 0) is 16.1 Å². The lowest BCUT2D eigenvalue weighted by molar-refractivity contribution is -0.129. The molecule has 0 saturated heterocycles. The van der Waals surface area contributed by atoms with E-state index in [1.807, 2.05) is 79.7 Å². The number of ether oxygens (including phenoxy) is 3. The second kappa shape index (κ2) is 11.0. The summed E-state index contributed by atoms with van der Waals surface area (Å²) in [6, 6.07) is 25.9. The molecule has 7 heteroatoms. The number of carbonyl (C=O) groups excluding carboxylic acids is 1. The first-order valence-corrected chi connectivity index (χ1v) is 13.5. The molecule has 0 N–H and O–H groups in total. The molecule has 0 aliphatic carbocycles. The number of hydrogen-bond acceptors (Lipinski definition) is 5. The Balaban J connectivity index is 1.42. The molecule has 1 aliphatic rings. The minimum absolute atomic E-state index is 0.240. The molecule has 36 heavy (non-hydrogen) atoms. The summed E-state index contributed by atoms with van der Waals surface area (Å²) in [5.41, 5.74) is 2.86. The summed E-state index contributed by atoms with van der Waals surface area (Å²) in [5, 5.41) is 2.17. The maximum atomic E-state index is 12.6. The fourth-order valence-corrected chi connectivity index (χ4v) is 5.26. The Morgan fingerprint density at radius 2 is 1.75 bits per heavy atom.